The molecule has 1 aromatic heterocycles. The van der Waals surface area contributed by atoms with Gasteiger partial charge in [0.05, 0.1) is 40.7 Å². The summed E-state index contributed by atoms with van der Waals surface area (Å²) < 4.78 is 51.0. The molecule has 0 aliphatic heterocycles. The van der Waals surface area contributed by atoms with Crippen molar-refractivity contribution in [3.63, 3.8) is 0 Å². The molecule has 0 bridgehead atoms. The highest BCUT2D eigenvalue weighted by atomic mass is 19.4. The molecule has 186 valence electrons. The topological polar surface area (TPSA) is 69.6 Å². The van der Waals surface area contributed by atoms with E-state index in [1.165, 1.54) is 19.2 Å². The van der Waals surface area contributed by atoms with Crippen LogP contribution in [0.25, 0.3) is 10.9 Å². The number of nitrogens with one attached hydrogen (secondary N) is 1. The third kappa shape index (κ3) is 5.05. The number of benzene rings is 3. The van der Waals surface area contributed by atoms with Crippen molar-refractivity contribution in [1.29, 1.82) is 0 Å². The van der Waals surface area contributed by atoms with Crippen molar-refractivity contribution in [2.24, 2.45) is 7.05 Å². The van der Waals surface area contributed by atoms with Crippen molar-refractivity contribution < 1.29 is 32.2 Å². The van der Waals surface area contributed by atoms with Crippen molar-refractivity contribution in [3.8, 4) is 11.5 Å². The molecular weight excluding hydrogens is 473 g/mol. The number of carbonyl (C=O) groups is 2. The van der Waals surface area contributed by atoms with Gasteiger partial charge in [-0.2, -0.15) is 13.2 Å². The van der Waals surface area contributed by atoms with Gasteiger partial charge in [-0.25, -0.2) is 4.79 Å². The van der Waals surface area contributed by atoms with Gasteiger partial charge in [0.15, 0.2) is 0 Å². The van der Waals surface area contributed by atoms with Gasteiger partial charge < -0.3 is 19.4 Å². The summed E-state index contributed by atoms with van der Waals surface area (Å²) in [5.41, 5.74) is 1.49. The zero-order chi connectivity index (χ0) is 26.0. The van der Waals surface area contributed by atoms with Gasteiger partial charge in [0.1, 0.15) is 11.5 Å². The summed E-state index contributed by atoms with van der Waals surface area (Å²) in [6.45, 7) is 1.82. The average Bonchev–Trinajstić information content (AvgIpc) is 3.21. The number of rotatable bonds is 6. The first-order valence-corrected chi connectivity index (χ1v) is 11.0. The fraction of sp³-hybridized carbons (Fsp3) is 0.185. The highest BCUT2D eigenvalue weighted by Crippen LogP contribution is 2.35. The molecule has 0 aliphatic rings. The number of esters is 1. The lowest BCUT2D eigenvalue weighted by Gasteiger charge is -2.15. The molecule has 0 radical (unpaired) electrons. The number of amides is 1. The first-order valence-electron chi connectivity index (χ1n) is 11.0. The third-order valence-corrected chi connectivity index (χ3v) is 5.81. The van der Waals surface area contributed by atoms with E-state index >= 15 is 0 Å². The lowest BCUT2D eigenvalue weighted by Crippen LogP contribution is -2.26. The van der Waals surface area contributed by atoms with E-state index in [2.05, 4.69) is 5.32 Å². The molecular formula is C27H23F3N2O4. The van der Waals surface area contributed by atoms with Gasteiger partial charge in [-0.1, -0.05) is 18.2 Å². The molecule has 6 nitrogen and oxygen atoms in total. The second kappa shape index (κ2) is 9.77. The summed E-state index contributed by atoms with van der Waals surface area (Å²) >= 11 is 0. The van der Waals surface area contributed by atoms with Crippen LogP contribution in [0.1, 0.15) is 44.8 Å². The first-order chi connectivity index (χ1) is 17.1. The molecule has 0 spiro atoms. The van der Waals surface area contributed by atoms with E-state index in [1.807, 2.05) is 13.0 Å². The maximum absolute atomic E-state index is 13.3. The molecule has 1 N–H and O–H groups in total. The van der Waals surface area contributed by atoms with Crippen molar-refractivity contribution in [2.45, 2.75) is 19.1 Å². The fourth-order valence-electron chi connectivity index (χ4n) is 3.89. The third-order valence-electron chi connectivity index (χ3n) is 5.81. The van der Waals surface area contributed by atoms with Gasteiger partial charge in [0.2, 0.25) is 0 Å². The van der Waals surface area contributed by atoms with Gasteiger partial charge in [0.25, 0.3) is 5.91 Å². The van der Waals surface area contributed by atoms with Crippen molar-refractivity contribution >= 4 is 22.8 Å². The normalized spacial score (nSPS) is 12.3. The number of aryl methyl sites for hydroxylation is 1. The number of halogens is 3. The monoisotopic (exact) mass is 496 g/mol. The highest BCUT2D eigenvalue weighted by molar-refractivity contribution is 6.09. The predicted octanol–water partition coefficient (Wildman–Crippen LogP) is 6.27. The van der Waals surface area contributed by atoms with Crippen molar-refractivity contribution in [2.75, 3.05) is 7.11 Å². The number of hydrogen-bond acceptors (Lipinski definition) is 4. The van der Waals surface area contributed by atoms with Crippen LogP contribution in [-0.4, -0.2) is 23.6 Å². The van der Waals surface area contributed by atoms with Crippen LogP contribution in [0.2, 0.25) is 0 Å². The lowest BCUT2D eigenvalue weighted by molar-refractivity contribution is -0.137. The van der Waals surface area contributed by atoms with Gasteiger partial charge in [0, 0.05) is 13.2 Å². The summed E-state index contributed by atoms with van der Waals surface area (Å²) in [5, 5.41) is 3.48. The molecule has 0 saturated heterocycles. The summed E-state index contributed by atoms with van der Waals surface area (Å²) in [5.74, 6) is -0.249. The van der Waals surface area contributed by atoms with Crippen LogP contribution in [0.15, 0.2) is 72.9 Å². The predicted molar refractivity (Wildman–Crippen MR) is 128 cm³/mol. The first kappa shape index (κ1) is 24.8. The Kier molecular flexibility index (Phi) is 6.74. The van der Waals surface area contributed by atoms with Gasteiger partial charge in [-0.3, -0.25) is 4.79 Å². The number of aromatic nitrogens is 1. The van der Waals surface area contributed by atoms with Gasteiger partial charge in [-0.05, 0) is 61.0 Å². The second-order valence-electron chi connectivity index (χ2n) is 8.24. The quantitative estimate of drug-likeness (QED) is 0.320. The molecule has 0 saturated carbocycles. The Morgan fingerprint density at radius 1 is 0.972 bits per heavy atom. The minimum Gasteiger partial charge on any atom is -0.465 e. The van der Waals surface area contributed by atoms with Crippen LogP contribution < -0.4 is 10.1 Å². The molecule has 1 atom stereocenters. The van der Waals surface area contributed by atoms with Crippen LogP contribution in [-0.2, 0) is 18.0 Å². The number of methoxy groups -OCH3 is 1. The van der Waals surface area contributed by atoms with Crippen LogP contribution in [0.5, 0.6) is 11.5 Å². The summed E-state index contributed by atoms with van der Waals surface area (Å²) in [6.07, 6.45) is -2.77. The Morgan fingerprint density at radius 2 is 1.64 bits per heavy atom. The molecule has 0 aliphatic carbocycles. The number of carbonyl (C=O) groups excluding carboxylic acids is 2. The summed E-state index contributed by atoms with van der Waals surface area (Å²) in [7, 11) is 3.09. The van der Waals surface area contributed by atoms with Crippen LogP contribution >= 0.6 is 0 Å². The minimum atomic E-state index is -4.44. The van der Waals surface area contributed by atoms with Gasteiger partial charge in [-0.15, -0.1) is 0 Å². The van der Waals surface area contributed by atoms with Crippen molar-refractivity contribution in [1.82, 2.24) is 9.88 Å². The van der Waals surface area contributed by atoms with Crippen LogP contribution in [0.4, 0.5) is 13.2 Å². The standard InChI is InChI=1S/C27H23F3N2O4/c1-16(17-7-9-18(10-8-17)26(34)35-3)31-25(33)21-15-32(2)22-5-4-6-23(24(21)22)36-20-13-11-19(12-14-20)27(28,29)30/h4-16H,1-3H3,(H,31,33)/t16-/m0/s1. The zero-order valence-electron chi connectivity index (χ0n) is 19.7. The highest BCUT2D eigenvalue weighted by Gasteiger charge is 2.30. The van der Waals surface area contributed by atoms with E-state index in [0.29, 0.717) is 22.3 Å². The molecule has 3 aromatic carbocycles. The zero-order valence-corrected chi connectivity index (χ0v) is 19.7. The second-order valence-corrected chi connectivity index (χ2v) is 8.24. The van der Waals surface area contributed by atoms with E-state index in [-0.39, 0.29) is 17.7 Å². The van der Waals surface area contributed by atoms with Crippen LogP contribution in [0.3, 0.4) is 0 Å². The van der Waals surface area contributed by atoms with E-state index in [9.17, 15) is 22.8 Å². The smallest absolute Gasteiger partial charge is 0.416 e. The minimum absolute atomic E-state index is 0.213. The van der Waals surface area contributed by atoms with E-state index in [0.717, 1.165) is 23.2 Å². The Morgan fingerprint density at radius 3 is 2.25 bits per heavy atom. The lowest BCUT2D eigenvalue weighted by atomic mass is 10.1. The number of hydrogen-bond donors (Lipinski definition) is 1. The summed E-state index contributed by atoms with van der Waals surface area (Å²) in [4.78, 5) is 24.9. The largest absolute Gasteiger partial charge is 0.465 e. The van der Waals surface area contributed by atoms with Gasteiger partial charge >= 0.3 is 12.1 Å². The SMILES string of the molecule is COC(=O)c1ccc([C@H](C)NC(=O)c2cn(C)c3cccc(Oc4ccc(C(F)(F)F)cc4)c23)cc1. The maximum atomic E-state index is 13.3. The number of fused-ring (bicyclic) bond motifs is 1. The Balaban J connectivity index is 1.60. The summed E-state index contributed by atoms with van der Waals surface area (Å²) in [6, 6.07) is 15.9. The molecule has 1 amide bonds. The Bertz CT molecular complexity index is 1410. The fourth-order valence-corrected chi connectivity index (χ4v) is 3.89. The van der Waals surface area contributed by atoms with E-state index in [4.69, 9.17) is 9.47 Å². The number of nitrogens with zero attached hydrogens (tertiary/aromatic N) is 1. The maximum Gasteiger partial charge on any atom is 0.416 e. The Labute approximate surface area is 205 Å². The average molecular weight is 496 g/mol. The molecule has 1 heterocycles. The molecule has 36 heavy (non-hydrogen) atoms. The molecule has 9 heteroatoms. The molecule has 4 rings (SSSR count). The van der Waals surface area contributed by atoms with Crippen molar-refractivity contribution in [3.05, 3.63) is 95.2 Å². The van der Waals surface area contributed by atoms with Crippen LogP contribution in [0, 0.1) is 0 Å². The molecule has 4 aromatic rings. The molecule has 0 fully saturated rings. The van der Waals surface area contributed by atoms with E-state index in [1.54, 1.807) is 54.2 Å². The Hall–Kier alpha value is -4.27. The molecule has 0 unspecified atom stereocenters. The number of alkyl halides is 3. The van der Waals surface area contributed by atoms with E-state index < -0.39 is 17.7 Å². The number of ether oxygens (including phenoxy) is 2.